The molecule has 0 aliphatic carbocycles. The SMILES string of the molecule is Cc1ccc(CN)c(N2CCCC(C)(C)CC2)n1. The van der Waals surface area contributed by atoms with Crippen molar-refractivity contribution in [3.63, 3.8) is 0 Å². The molecule has 0 atom stereocenters. The Morgan fingerprint density at radius 3 is 2.78 bits per heavy atom. The van der Waals surface area contributed by atoms with Crippen LogP contribution in [0.5, 0.6) is 0 Å². The number of aromatic nitrogens is 1. The summed E-state index contributed by atoms with van der Waals surface area (Å²) in [6.45, 7) is 9.55. The van der Waals surface area contributed by atoms with Crippen LogP contribution in [0.25, 0.3) is 0 Å². The maximum atomic E-state index is 5.83. The second-order valence-electron chi connectivity index (χ2n) is 6.14. The van der Waals surface area contributed by atoms with Gasteiger partial charge >= 0.3 is 0 Å². The Balaban J connectivity index is 2.23. The molecule has 0 unspecified atom stereocenters. The fourth-order valence-corrected chi connectivity index (χ4v) is 2.64. The molecule has 100 valence electrons. The first-order valence-electron chi connectivity index (χ1n) is 6.93. The molecule has 0 saturated carbocycles. The topological polar surface area (TPSA) is 42.1 Å². The Kier molecular flexibility index (Phi) is 3.91. The molecule has 3 nitrogen and oxygen atoms in total. The Bertz CT molecular complexity index is 412. The minimum atomic E-state index is 0.460. The Morgan fingerprint density at radius 2 is 2.06 bits per heavy atom. The van der Waals surface area contributed by atoms with Gasteiger partial charge in [-0.25, -0.2) is 4.98 Å². The molecule has 1 fully saturated rings. The summed E-state index contributed by atoms with van der Waals surface area (Å²) in [5, 5.41) is 0. The smallest absolute Gasteiger partial charge is 0.133 e. The van der Waals surface area contributed by atoms with Gasteiger partial charge in [-0.1, -0.05) is 19.9 Å². The molecule has 1 aliphatic rings. The minimum Gasteiger partial charge on any atom is -0.356 e. The third-order valence-corrected chi connectivity index (χ3v) is 3.95. The van der Waals surface area contributed by atoms with Gasteiger partial charge in [0.05, 0.1) is 0 Å². The molecule has 1 saturated heterocycles. The van der Waals surface area contributed by atoms with Crippen LogP contribution in [0.1, 0.15) is 44.4 Å². The van der Waals surface area contributed by atoms with Gasteiger partial charge in [0, 0.05) is 30.9 Å². The van der Waals surface area contributed by atoms with Crippen molar-refractivity contribution in [3.05, 3.63) is 23.4 Å². The summed E-state index contributed by atoms with van der Waals surface area (Å²) in [6.07, 6.45) is 3.77. The number of hydrogen-bond donors (Lipinski definition) is 1. The van der Waals surface area contributed by atoms with Gasteiger partial charge in [-0.15, -0.1) is 0 Å². The number of anilines is 1. The molecule has 2 N–H and O–H groups in total. The van der Waals surface area contributed by atoms with E-state index >= 15 is 0 Å². The number of aryl methyl sites for hydroxylation is 1. The second kappa shape index (κ2) is 5.27. The van der Waals surface area contributed by atoms with E-state index in [1.54, 1.807) is 0 Å². The summed E-state index contributed by atoms with van der Waals surface area (Å²) in [7, 11) is 0. The van der Waals surface area contributed by atoms with E-state index in [0.717, 1.165) is 24.6 Å². The second-order valence-corrected chi connectivity index (χ2v) is 6.14. The van der Waals surface area contributed by atoms with Gasteiger partial charge in [-0.05, 0) is 37.7 Å². The van der Waals surface area contributed by atoms with Crippen molar-refractivity contribution >= 4 is 5.82 Å². The van der Waals surface area contributed by atoms with Crippen LogP contribution in [0.4, 0.5) is 5.82 Å². The van der Waals surface area contributed by atoms with Crippen LogP contribution < -0.4 is 10.6 Å². The van der Waals surface area contributed by atoms with E-state index in [1.807, 2.05) is 13.0 Å². The fraction of sp³-hybridized carbons (Fsp3) is 0.667. The van der Waals surface area contributed by atoms with Crippen molar-refractivity contribution < 1.29 is 0 Å². The summed E-state index contributed by atoms with van der Waals surface area (Å²) in [5.41, 5.74) is 8.53. The lowest BCUT2D eigenvalue weighted by Crippen LogP contribution is -2.27. The van der Waals surface area contributed by atoms with Gasteiger partial charge in [-0.2, -0.15) is 0 Å². The number of nitrogens with two attached hydrogens (primary N) is 1. The third-order valence-electron chi connectivity index (χ3n) is 3.95. The van der Waals surface area contributed by atoms with Gasteiger partial charge in [-0.3, -0.25) is 0 Å². The van der Waals surface area contributed by atoms with E-state index in [4.69, 9.17) is 10.7 Å². The molecule has 2 rings (SSSR count). The van der Waals surface area contributed by atoms with Crippen LogP contribution in [-0.4, -0.2) is 18.1 Å². The summed E-state index contributed by atoms with van der Waals surface area (Å²) in [4.78, 5) is 7.12. The molecule has 0 spiro atoms. The first-order chi connectivity index (χ1) is 8.52. The van der Waals surface area contributed by atoms with E-state index in [0.29, 0.717) is 12.0 Å². The quantitative estimate of drug-likeness (QED) is 0.873. The Morgan fingerprint density at radius 1 is 1.28 bits per heavy atom. The molecule has 0 radical (unpaired) electrons. The van der Waals surface area contributed by atoms with E-state index in [-0.39, 0.29) is 0 Å². The lowest BCUT2D eigenvalue weighted by Gasteiger charge is -2.26. The highest BCUT2D eigenvalue weighted by Gasteiger charge is 2.24. The largest absolute Gasteiger partial charge is 0.356 e. The predicted octanol–water partition coefficient (Wildman–Crippen LogP) is 2.87. The number of pyridine rings is 1. The normalized spacial score (nSPS) is 19.7. The molecule has 1 aliphatic heterocycles. The molecule has 0 aromatic carbocycles. The summed E-state index contributed by atoms with van der Waals surface area (Å²) in [5.74, 6) is 1.11. The van der Waals surface area contributed by atoms with Crippen LogP contribution in [0.2, 0.25) is 0 Å². The first kappa shape index (κ1) is 13.3. The monoisotopic (exact) mass is 247 g/mol. The zero-order valence-corrected chi connectivity index (χ0v) is 11.9. The van der Waals surface area contributed by atoms with Crippen LogP contribution in [0, 0.1) is 12.3 Å². The highest BCUT2D eigenvalue weighted by atomic mass is 15.2. The minimum absolute atomic E-state index is 0.460. The maximum Gasteiger partial charge on any atom is 0.133 e. The van der Waals surface area contributed by atoms with E-state index in [2.05, 4.69) is 24.8 Å². The first-order valence-corrected chi connectivity index (χ1v) is 6.93. The van der Waals surface area contributed by atoms with Crippen molar-refractivity contribution in [2.24, 2.45) is 11.1 Å². The molecule has 0 bridgehead atoms. The van der Waals surface area contributed by atoms with Gasteiger partial charge in [0.2, 0.25) is 0 Å². The molecular formula is C15H25N3. The predicted molar refractivity (Wildman–Crippen MR) is 76.7 cm³/mol. The number of rotatable bonds is 2. The Hall–Kier alpha value is -1.09. The van der Waals surface area contributed by atoms with Crippen molar-refractivity contribution in [1.82, 2.24) is 4.98 Å². The molecule has 1 aromatic rings. The van der Waals surface area contributed by atoms with Crippen LogP contribution in [0.15, 0.2) is 12.1 Å². The molecule has 3 heteroatoms. The zero-order valence-electron chi connectivity index (χ0n) is 11.9. The van der Waals surface area contributed by atoms with E-state index < -0.39 is 0 Å². The Labute approximate surface area is 110 Å². The third kappa shape index (κ3) is 3.02. The summed E-state index contributed by atoms with van der Waals surface area (Å²) < 4.78 is 0. The molecule has 2 heterocycles. The van der Waals surface area contributed by atoms with E-state index in [9.17, 15) is 0 Å². The molecule has 18 heavy (non-hydrogen) atoms. The lowest BCUT2D eigenvalue weighted by molar-refractivity contribution is 0.325. The van der Waals surface area contributed by atoms with Gasteiger partial charge in [0.1, 0.15) is 5.82 Å². The standard InChI is InChI=1S/C15H25N3/c1-12-5-6-13(11-16)14(17-12)18-9-4-7-15(2,3)8-10-18/h5-6H,4,7-11,16H2,1-3H3. The molecular weight excluding hydrogens is 222 g/mol. The van der Waals surface area contributed by atoms with Gasteiger partial charge in [0.25, 0.3) is 0 Å². The van der Waals surface area contributed by atoms with Crippen LogP contribution in [-0.2, 0) is 6.54 Å². The van der Waals surface area contributed by atoms with Crippen molar-refractivity contribution in [3.8, 4) is 0 Å². The molecule has 0 amide bonds. The summed E-state index contributed by atoms with van der Waals surface area (Å²) in [6, 6.07) is 4.17. The fourth-order valence-electron chi connectivity index (χ4n) is 2.64. The number of nitrogens with zero attached hydrogens (tertiary/aromatic N) is 2. The summed E-state index contributed by atoms with van der Waals surface area (Å²) >= 11 is 0. The van der Waals surface area contributed by atoms with Gasteiger partial charge in [0.15, 0.2) is 0 Å². The van der Waals surface area contributed by atoms with Crippen molar-refractivity contribution in [2.75, 3.05) is 18.0 Å². The highest BCUT2D eigenvalue weighted by molar-refractivity contribution is 5.48. The average molecular weight is 247 g/mol. The van der Waals surface area contributed by atoms with Crippen molar-refractivity contribution in [2.45, 2.75) is 46.6 Å². The van der Waals surface area contributed by atoms with Crippen LogP contribution >= 0.6 is 0 Å². The lowest BCUT2D eigenvalue weighted by atomic mass is 9.85. The zero-order chi connectivity index (χ0) is 13.2. The van der Waals surface area contributed by atoms with Gasteiger partial charge < -0.3 is 10.6 Å². The average Bonchev–Trinajstić information content (AvgIpc) is 2.50. The maximum absolute atomic E-state index is 5.83. The number of hydrogen-bond acceptors (Lipinski definition) is 3. The van der Waals surface area contributed by atoms with E-state index in [1.165, 1.54) is 24.8 Å². The highest BCUT2D eigenvalue weighted by Crippen LogP contribution is 2.32. The van der Waals surface area contributed by atoms with Crippen molar-refractivity contribution in [1.29, 1.82) is 0 Å². The van der Waals surface area contributed by atoms with Crippen LogP contribution in [0.3, 0.4) is 0 Å². The molecule has 1 aromatic heterocycles.